The van der Waals surface area contributed by atoms with E-state index < -0.39 is 36.2 Å². The van der Waals surface area contributed by atoms with E-state index in [1.165, 1.54) is 29.2 Å². The molecule has 4 aromatic heterocycles. The number of nitrogens with one attached hydrogen (secondary N) is 2. The third-order valence-corrected chi connectivity index (χ3v) is 5.78. The van der Waals surface area contributed by atoms with E-state index in [1.54, 1.807) is 14.0 Å². The number of rotatable bonds is 5. The van der Waals surface area contributed by atoms with Crippen molar-refractivity contribution in [3.8, 4) is 11.5 Å². The van der Waals surface area contributed by atoms with Crippen LogP contribution in [-0.2, 0) is 16.6 Å². The van der Waals surface area contributed by atoms with Gasteiger partial charge in [0.2, 0.25) is 5.91 Å². The van der Waals surface area contributed by atoms with Crippen molar-refractivity contribution in [1.29, 1.82) is 0 Å². The van der Waals surface area contributed by atoms with Crippen molar-refractivity contribution < 1.29 is 22.4 Å². The molecule has 1 unspecified atom stereocenters. The first-order valence-electron chi connectivity index (χ1n) is 10.4. The van der Waals surface area contributed by atoms with Crippen LogP contribution in [0, 0.1) is 5.82 Å². The van der Waals surface area contributed by atoms with Crippen LogP contribution in [0.15, 0.2) is 30.9 Å². The highest BCUT2D eigenvalue weighted by atomic mass is 19.4. The van der Waals surface area contributed by atoms with Crippen LogP contribution in [0.2, 0.25) is 0 Å². The molecule has 4 aromatic rings. The van der Waals surface area contributed by atoms with Gasteiger partial charge in [-0.3, -0.25) is 9.78 Å². The van der Waals surface area contributed by atoms with Crippen molar-refractivity contribution in [3.05, 3.63) is 53.6 Å². The van der Waals surface area contributed by atoms with Crippen LogP contribution in [0.1, 0.15) is 30.3 Å². The molecule has 1 atom stereocenters. The summed E-state index contributed by atoms with van der Waals surface area (Å²) in [5.74, 6) is -0.493. The van der Waals surface area contributed by atoms with E-state index in [0.29, 0.717) is 11.3 Å². The van der Waals surface area contributed by atoms with E-state index >= 15 is 0 Å². The summed E-state index contributed by atoms with van der Waals surface area (Å²) in [6.45, 7) is 1.62. The van der Waals surface area contributed by atoms with E-state index in [2.05, 4.69) is 40.7 Å². The number of hydrogen-bond donors (Lipinski definition) is 2. The molecule has 180 valence electrons. The highest BCUT2D eigenvalue weighted by Gasteiger charge is 2.49. The predicted molar refractivity (Wildman–Crippen MR) is 115 cm³/mol. The zero-order valence-electron chi connectivity index (χ0n) is 18.4. The molecule has 5 heterocycles. The smallest absolute Gasteiger partial charge is 0.373 e. The number of carbonyl (C=O) groups is 1. The van der Waals surface area contributed by atoms with Crippen LogP contribution in [-0.4, -0.2) is 53.7 Å². The normalized spacial score (nSPS) is 17.5. The Morgan fingerprint density at radius 1 is 1.17 bits per heavy atom. The molecule has 0 saturated heterocycles. The standard InChI is InChI=1S/C21H17F4N9O/c1-20(13-4-3-10(22)7-27-13)14-16(26-2)31-15(32-17(14)33-19(20)35)12-8-34-18(28-9-29-34)11(30-12)5-6-21(23,24)25/h3-4,7-9H,5-6H2,1-2H3,(H2,26,31,32,33,35). The molecule has 1 aliphatic heterocycles. The average Bonchev–Trinajstić information content (AvgIpc) is 3.39. The van der Waals surface area contributed by atoms with Crippen LogP contribution < -0.4 is 10.6 Å². The molecule has 1 aliphatic rings. The largest absolute Gasteiger partial charge is 0.389 e. The van der Waals surface area contributed by atoms with Crippen molar-refractivity contribution in [2.24, 2.45) is 0 Å². The van der Waals surface area contributed by atoms with Gasteiger partial charge in [0, 0.05) is 19.9 Å². The predicted octanol–water partition coefficient (Wildman–Crippen LogP) is 2.91. The third-order valence-electron chi connectivity index (χ3n) is 5.78. The fourth-order valence-corrected chi connectivity index (χ4v) is 4.01. The van der Waals surface area contributed by atoms with Crippen LogP contribution in [0.4, 0.5) is 29.2 Å². The lowest BCUT2D eigenvalue weighted by atomic mass is 9.80. The molecular weight excluding hydrogens is 470 g/mol. The van der Waals surface area contributed by atoms with Crippen LogP contribution >= 0.6 is 0 Å². The number of hydrogen-bond acceptors (Lipinski definition) is 8. The molecule has 0 radical (unpaired) electrons. The molecular formula is C21H17F4N9O. The van der Waals surface area contributed by atoms with Crippen LogP contribution in [0.5, 0.6) is 0 Å². The minimum Gasteiger partial charge on any atom is -0.373 e. The third kappa shape index (κ3) is 3.80. The van der Waals surface area contributed by atoms with Gasteiger partial charge in [0.1, 0.15) is 34.9 Å². The molecule has 0 saturated carbocycles. The maximum Gasteiger partial charge on any atom is 0.389 e. The van der Waals surface area contributed by atoms with E-state index in [-0.39, 0.29) is 34.5 Å². The van der Waals surface area contributed by atoms with Gasteiger partial charge < -0.3 is 10.6 Å². The molecule has 5 rings (SSSR count). The van der Waals surface area contributed by atoms with Crippen molar-refractivity contribution in [1.82, 2.24) is 34.5 Å². The van der Waals surface area contributed by atoms with Gasteiger partial charge in [-0.1, -0.05) is 0 Å². The second-order valence-electron chi connectivity index (χ2n) is 8.03. The maximum absolute atomic E-state index is 13.4. The Morgan fingerprint density at radius 3 is 2.66 bits per heavy atom. The summed E-state index contributed by atoms with van der Waals surface area (Å²) in [4.78, 5) is 34.4. The Bertz CT molecular complexity index is 1450. The zero-order valence-corrected chi connectivity index (χ0v) is 18.4. The second kappa shape index (κ2) is 7.92. The number of pyridine rings is 1. The summed E-state index contributed by atoms with van der Waals surface area (Å²) in [6.07, 6.45) is -2.20. The molecule has 14 heteroatoms. The van der Waals surface area contributed by atoms with Crippen molar-refractivity contribution in [2.45, 2.75) is 31.4 Å². The average molecular weight is 487 g/mol. The van der Waals surface area contributed by atoms with Crippen molar-refractivity contribution >= 4 is 23.2 Å². The number of amides is 1. The quantitative estimate of drug-likeness (QED) is 0.412. The van der Waals surface area contributed by atoms with Crippen LogP contribution in [0.25, 0.3) is 17.2 Å². The number of halogens is 4. The number of nitrogens with zero attached hydrogens (tertiary/aromatic N) is 7. The summed E-state index contributed by atoms with van der Waals surface area (Å²) in [6, 6.07) is 2.61. The van der Waals surface area contributed by atoms with E-state index in [1.807, 2.05) is 0 Å². The lowest BCUT2D eigenvalue weighted by Gasteiger charge is -2.23. The first-order valence-corrected chi connectivity index (χ1v) is 10.4. The van der Waals surface area contributed by atoms with Crippen molar-refractivity contribution in [2.75, 3.05) is 17.7 Å². The Hall–Kier alpha value is -4.23. The van der Waals surface area contributed by atoms with Gasteiger partial charge in [-0.25, -0.2) is 28.8 Å². The van der Waals surface area contributed by atoms with Gasteiger partial charge in [-0.05, 0) is 19.1 Å². The summed E-state index contributed by atoms with van der Waals surface area (Å²) in [5.41, 5.74) is -0.219. The zero-order chi connectivity index (χ0) is 25.0. The Morgan fingerprint density at radius 2 is 1.97 bits per heavy atom. The highest BCUT2D eigenvalue weighted by molar-refractivity contribution is 6.09. The molecule has 1 amide bonds. The Labute approximate surface area is 194 Å². The SMILES string of the molecule is CNc1nc(-c2cn3ncnc3c(CCC(F)(F)F)n2)nc2c1C(C)(c1ccc(F)cn1)C(=O)N2. The highest BCUT2D eigenvalue weighted by Crippen LogP contribution is 2.45. The molecule has 2 N–H and O–H groups in total. The molecule has 35 heavy (non-hydrogen) atoms. The number of alkyl halides is 3. The van der Waals surface area contributed by atoms with E-state index in [0.717, 1.165) is 6.20 Å². The number of fused-ring (bicyclic) bond motifs is 2. The fourth-order valence-electron chi connectivity index (χ4n) is 4.01. The summed E-state index contributed by atoms with van der Waals surface area (Å²) in [5, 5.41) is 9.64. The molecule has 0 aliphatic carbocycles. The van der Waals surface area contributed by atoms with Gasteiger partial charge in [0.25, 0.3) is 0 Å². The van der Waals surface area contributed by atoms with Gasteiger partial charge in [-0.2, -0.15) is 18.3 Å². The molecule has 0 spiro atoms. The van der Waals surface area contributed by atoms with E-state index in [9.17, 15) is 22.4 Å². The summed E-state index contributed by atoms with van der Waals surface area (Å²) in [7, 11) is 1.59. The number of aryl methyl sites for hydroxylation is 1. The summed E-state index contributed by atoms with van der Waals surface area (Å²) >= 11 is 0. The second-order valence-corrected chi connectivity index (χ2v) is 8.03. The van der Waals surface area contributed by atoms with Gasteiger partial charge >= 0.3 is 6.18 Å². The summed E-state index contributed by atoms with van der Waals surface area (Å²) < 4.78 is 53.3. The Kier molecular flexibility index (Phi) is 5.11. The first kappa shape index (κ1) is 22.6. The van der Waals surface area contributed by atoms with E-state index in [4.69, 9.17) is 0 Å². The fraction of sp³-hybridized carbons (Fsp3) is 0.286. The lowest BCUT2D eigenvalue weighted by Crippen LogP contribution is -2.33. The van der Waals surface area contributed by atoms with Gasteiger partial charge in [-0.15, -0.1) is 0 Å². The van der Waals surface area contributed by atoms with Crippen molar-refractivity contribution in [3.63, 3.8) is 0 Å². The topological polar surface area (TPSA) is 123 Å². The molecule has 0 bridgehead atoms. The minimum atomic E-state index is -4.37. The Balaban J connectivity index is 1.63. The minimum absolute atomic E-state index is 0.0513. The van der Waals surface area contributed by atoms with Gasteiger partial charge in [0.05, 0.1) is 29.3 Å². The number of aromatic nitrogens is 7. The number of carbonyl (C=O) groups excluding carboxylic acids is 1. The number of anilines is 2. The van der Waals surface area contributed by atoms with Gasteiger partial charge in [0.15, 0.2) is 11.5 Å². The van der Waals surface area contributed by atoms with Crippen LogP contribution in [0.3, 0.4) is 0 Å². The monoisotopic (exact) mass is 487 g/mol. The molecule has 0 fully saturated rings. The first-order chi connectivity index (χ1) is 16.6. The lowest BCUT2D eigenvalue weighted by molar-refractivity contribution is -0.134. The molecule has 0 aromatic carbocycles. The maximum atomic E-state index is 13.4. The molecule has 10 nitrogen and oxygen atoms in total.